The molecule has 0 bridgehead atoms. The first-order chi connectivity index (χ1) is 9.94. The molecule has 0 spiro atoms. The maximum Gasteiger partial charge on any atom is 0.119 e. The summed E-state index contributed by atoms with van der Waals surface area (Å²) in [6.07, 6.45) is 2.28. The lowest BCUT2D eigenvalue weighted by Gasteiger charge is -2.37. The van der Waals surface area contributed by atoms with Gasteiger partial charge >= 0.3 is 0 Å². The summed E-state index contributed by atoms with van der Waals surface area (Å²) < 4.78 is 5.36. The zero-order valence-corrected chi connectivity index (χ0v) is 14.6. The molecule has 1 aromatic rings. The van der Waals surface area contributed by atoms with Gasteiger partial charge in [0.15, 0.2) is 0 Å². The summed E-state index contributed by atoms with van der Waals surface area (Å²) in [4.78, 5) is 2.44. The van der Waals surface area contributed by atoms with Crippen molar-refractivity contribution in [3.05, 3.63) is 29.8 Å². The lowest BCUT2D eigenvalue weighted by molar-refractivity contribution is 0.135. The molecule has 1 unspecified atom stereocenters. The highest BCUT2D eigenvalue weighted by molar-refractivity contribution is 5.30. The Morgan fingerprint density at radius 1 is 1.29 bits per heavy atom. The molecule has 1 N–H and O–H groups in total. The van der Waals surface area contributed by atoms with E-state index in [1.165, 1.54) is 5.56 Å². The Morgan fingerprint density at radius 2 is 2.00 bits per heavy atom. The Hall–Kier alpha value is -1.06. The van der Waals surface area contributed by atoms with Crippen molar-refractivity contribution >= 4 is 0 Å². The average Bonchev–Trinajstić information content (AvgIpc) is 2.51. The molecule has 0 saturated carbocycles. The Balaban J connectivity index is 2.89. The van der Waals surface area contributed by atoms with Crippen molar-refractivity contribution in [2.75, 3.05) is 27.2 Å². The SMILES string of the molecule is CCCNC(CN(C)C(C)(C)CC)c1cccc(OC)c1. The number of methoxy groups -OCH3 is 1. The van der Waals surface area contributed by atoms with Crippen molar-refractivity contribution in [3.8, 4) is 5.75 Å². The van der Waals surface area contributed by atoms with E-state index in [4.69, 9.17) is 4.74 Å². The van der Waals surface area contributed by atoms with E-state index in [1.54, 1.807) is 7.11 Å². The fraction of sp³-hybridized carbons (Fsp3) is 0.667. The summed E-state index contributed by atoms with van der Waals surface area (Å²) in [5.74, 6) is 0.924. The van der Waals surface area contributed by atoms with Crippen molar-refractivity contribution in [2.45, 2.75) is 52.1 Å². The highest BCUT2D eigenvalue weighted by atomic mass is 16.5. The summed E-state index contributed by atoms with van der Waals surface area (Å²) in [6.45, 7) is 11.1. The van der Waals surface area contributed by atoms with Crippen LogP contribution in [0.3, 0.4) is 0 Å². The first-order valence-corrected chi connectivity index (χ1v) is 8.03. The lowest BCUT2D eigenvalue weighted by Crippen LogP contribution is -2.45. The van der Waals surface area contributed by atoms with Crippen LogP contribution in [-0.4, -0.2) is 37.7 Å². The summed E-state index contributed by atoms with van der Waals surface area (Å²) in [6, 6.07) is 8.72. The molecular weight excluding hydrogens is 260 g/mol. The Morgan fingerprint density at radius 3 is 2.57 bits per heavy atom. The van der Waals surface area contributed by atoms with Crippen molar-refractivity contribution in [2.24, 2.45) is 0 Å². The Labute approximate surface area is 130 Å². The minimum absolute atomic E-state index is 0.213. The number of rotatable bonds is 9. The maximum absolute atomic E-state index is 5.36. The molecule has 3 nitrogen and oxygen atoms in total. The second-order valence-electron chi connectivity index (χ2n) is 6.33. The molecule has 0 aromatic heterocycles. The van der Waals surface area contributed by atoms with Crippen LogP contribution in [0.1, 0.15) is 52.1 Å². The molecule has 0 aliphatic carbocycles. The van der Waals surface area contributed by atoms with E-state index in [0.29, 0.717) is 6.04 Å². The van der Waals surface area contributed by atoms with Gasteiger partial charge in [-0.1, -0.05) is 26.0 Å². The molecular formula is C18H32N2O. The monoisotopic (exact) mass is 292 g/mol. The van der Waals surface area contributed by atoms with Crippen molar-refractivity contribution in [3.63, 3.8) is 0 Å². The quantitative estimate of drug-likeness (QED) is 0.748. The summed E-state index contributed by atoms with van der Waals surface area (Å²) in [5.41, 5.74) is 1.51. The number of nitrogens with one attached hydrogen (secondary N) is 1. The number of ether oxygens (including phenoxy) is 1. The van der Waals surface area contributed by atoms with Crippen LogP contribution in [0.25, 0.3) is 0 Å². The third-order valence-corrected chi connectivity index (χ3v) is 4.49. The van der Waals surface area contributed by atoms with Crippen LogP contribution in [0.2, 0.25) is 0 Å². The zero-order valence-electron chi connectivity index (χ0n) is 14.6. The highest BCUT2D eigenvalue weighted by Gasteiger charge is 2.24. The Kier molecular flexibility index (Phi) is 7.20. The van der Waals surface area contributed by atoms with Crippen LogP contribution < -0.4 is 10.1 Å². The van der Waals surface area contributed by atoms with Crippen molar-refractivity contribution < 1.29 is 4.74 Å². The third kappa shape index (κ3) is 5.33. The average molecular weight is 292 g/mol. The topological polar surface area (TPSA) is 24.5 Å². The number of benzene rings is 1. The fourth-order valence-corrected chi connectivity index (χ4v) is 2.26. The molecule has 120 valence electrons. The van der Waals surface area contributed by atoms with Gasteiger partial charge in [-0.05, 0) is 58.0 Å². The fourth-order valence-electron chi connectivity index (χ4n) is 2.26. The summed E-state index contributed by atoms with van der Waals surface area (Å²) in [5, 5.41) is 3.67. The minimum Gasteiger partial charge on any atom is -0.497 e. The van der Waals surface area contributed by atoms with Gasteiger partial charge in [0.2, 0.25) is 0 Å². The van der Waals surface area contributed by atoms with E-state index in [2.05, 4.69) is 63.2 Å². The van der Waals surface area contributed by atoms with Crippen LogP contribution in [0.15, 0.2) is 24.3 Å². The lowest BCUT2D eigenvalue weighted by atomic mass is 9.97. The molecule has 21 heavy (non-hydrogen) atoms. The van der Waals surface area contributed by atoms with Crippen LogP contribution in [0, 0.1) is 0 Å². The number of nitrogens with zero attached hydrogens (tertiary/aromatic N) is 1. The van der Waals surface area contributed by atoms with Crippen LogP contribution >= 0.6 is 0 Å². The first kappa shape index (κ1) is 18.0. The van der Waals surface area contributed by atoms with E-state index in [1.807, 2.05) is 6.07 Å². The Bertz CT molecular complexity index is 417. The van der Waals surface area contributed by atoms with Gasteiger partial charge < -0.3 is 10.1 Å². The summed E-state index contributed by atoms with van der Waals surface area (Å²) in [7, 11) is 3.93. The molecule has 0 saturated heterocycles. The van der Waals surface area contributed by atoms with Gasteiger partial charge in [-0.25, -0.2) is 0 Å². The normalized spacial score (nSPS) is 13.5. The van der Waals surface area contributed by atoms with Crippen molar-refractivity contribution in [1.29, 1.82) is 0 Å². The molecule has 0 aliphatic heterocycles. The maximum atomic E-state index is 5.36. The van der Waals surface area contributed by atoms with Gasteiger partial charge in [-0.15, -0.1) is 0 Å². The minimum atomic E-state index is 0.213. The van der Waals surface area contributed by atoms with Gasteiger partial charge in [-0.2, -0.15) is 0 Å². The number of hydrogen-bond donors (Lipinski definition) is 1. The van der Waals surface area contributed by atoms with Crippen LogP contribution in [0.4, 0.5) is 0 Å². The highest BCUT2D eigenvalue weighted by Crippen LogP contribution is 2.24. The van der Waals surface area contributed by atoms with E-state index in [0.717, 1.165) is 31.7 Å². The number of likely N-dealkylation sites (N-methyl/N-ethyl adjacent to an activating group) is 1. The van der Waals surface area contributed by atoms with Crippen LogP contribution in [-0.2, 0) is 0 Å². The second-order valence-corrected chi connectivity index (χ2v) is 6.33. The largest absolute Gasteiger partial charge is 0.497 e. The van der Waals surface area contributed by atoms with Gasteiger partial charge in [0.25, 0.3) is 0 Å². The first-order valence-electron chi connectivity index (χ1n) is 8.03. The molecule has 0 fully saturated rings. The zero-order chi connectivity index (χ0) is 15.9. The van der Waals surface area contributed by atoms with Gasteiger partial charge in [0.1, 0.15) is 5.75 Å². The molecule has 1 aromatic carbocycles. The predicted molar refractivity (Wildman–Crippen MR) is 91.0 cm³/mol. The third-order valence-electron chi connectivity index (χ3n) is 4.49. The van der Waals surface area contributed by atoms with E-state index < -0.39 is 0 Å². The predicted octanol–water partition coefficient (Wildman–Crippen LogP) is 3.86. The number of hydrogen-bond acceptors (Lipinski definition) is 3. The summed E-state index contributed by atoms with van der Waals surface area (Å²) >= 11 is 0. The smallest absolute Gasteiger partial charge is 0.119 e. The molecule has 3 heteroatoms. The van der Waals surface area contributed by atoms with E-state index in [9.17, 15) is 0 Å². The van der Waals surface area contributed by atoms with Crippen LogP contribution in [0.5, 0.6) is 5.75 Å². The molecule has 1 atom stereocenters. The van der Waals surface area contributed by atoms with Gasteiger partial charge in [0.05, 0.1) is 7.11 Å². The van der Waals surface area contributed by atoms with Gasteiger partial charge in [-0.3, -0.25) is 4.90 Å². The van der Waals surface area contributed by atoms with Crippen molar-refractivity contribution in [1.82, 2.24) is 10.2 Å². The molecule has 0 heterocycles. The van der Waals surface area contributed by atoms with E-state index >= 15 is 0 Å². The van der Waals surface area contributed by atoms with Gasteiger partial charge in [0, 0.05) is 18.1 Å². The molecule has 0 amide bonds. The van der Waals surface area contributed by atoms with E-state index in [-0.39, 0.29) is 5.54 Å². The molecule has 0 aliphatic rings. The molecule has 1 rings (SSSR count). The second kappa shape index (κ2) is 8.40. The molecule has 0 radical (unpaired) electrons. The standard InChI is InChI=1S/C18H32N2O/c1-7-12-19-17(14-20(5)18(3,4)8-2)15-10-9-11-16(13-15)21-6/h9-11,13,17,19H,7-8,12,14H2,1-6H3.